The van der Waals surface area contributed by atoms with Gasteiger partial charge in [0.1, 0.15) is 0 Å². The normalized spacial score (nSPS) is 15.5. The molecule has 0 heterocycles. The second kappa shape index (κ2) is 8.86. The molecule has 4 heteroatoms. The van der Waals surface area contributed by atoms with Gasteiger partial charge in [-0.15, -0.1) is 0 Å². The fraction of sp³-hybridized carbons (Fsp3) is 1.00. The van der Waals surface area contributed by atoms with Crippen LogP contribution in [0.4, 0.5) is 0 Å². The minimum Gasteiger partial charge on any atom is -0.389 e. The minimum absolute atomic E-state index is 0.369. The van der Waals surface area contributed by atoms with Crippen LogP contribution in [0.25, 0.3) is 0 Å². The van der Waals surface area contributed by atoms with E-state index in [0.29, 0.717) is 6.54 Å². The molecule has 0 aliphatic heterocycles. The van der Waals surface area contributed by atoms with Crippen molar-refractivity contribution in [1.29, 1.82) is 0 Å². The van der Waals surface area contributed by atoms with Crippen molar-refractivity contribution in [2.24, 2.45) is 5.73 Å². The Labute approximate surface area is 107 Å². The van der Waals surface area contributed by atoms with Gasteiger partial charge in [-0.1, -0.05) is 6.92 Å². The topological polar surface area (TPSA) is 52.7 Å². The van der Waals surface area contributed by atoms with Gasteiger partial charge in [0.15, 0.2) is 0 Å². The van der Waals surface area contributed by atoms with Gasteiger partial charge in [0.25, 0.3) is 0 Å². The Morgan fingerprint density at radius 3 is 2.12 bits per heavy atom. The summed E-state index contributed by atoms with van der Waals surface area (Å²) in [6.45, 7) is 5.65. The van der Waals surface area contributed by atoms with E-state index in [1.54, 1.807) is 0 Å². The summed E-state index contributed by atoms with van der Waals surface area (Å²) in [4.78, 5) is 4.54. The summed E-state index contributed by atoms with van der Waals surface area (Å²) in [5, 5.41) is 10.0. The quantitative estimate of drug-likeness (QED) is 0.596. The Morgan fingerprint density at radius 1 is 1.06 bits per heavy atom. The zero-order valence-corrected chi connectivity index (χ0v) is 12.1. The molecule has 0 rings (SSSR count). The van der Waals surface area contributed by atoms with E-state index in [9.17, 15) is 5.11 Å². The highest BCUT2D eigenvalue weighted by atomic mass is 16.3. The van der Waals surface area contributed by atoms with E-state index in [1.165, 1.54) is 6.42 Å². The first kappa shape index (κ1) is 16.8. The van der Waals surface area contributed by atoms with E-state index in [-0.39, 0.29) is 0 Å². The van der Waals surface area contributed by atoms with Gasteiger partial charge in [-0.3, -0.25) is 0 Å². The van der Waals surface area contributed by atoms with Crippen LogP contribution in [-0.4, -0.2) is 67.8 Å². The van der Waals surface area contributed by atoms with E-state index in [4.69, 9.17) is 5.73 Å². The number of hydrogen-bond acceptors (Lipinski definition) is 4. The van der Waals surface area contributed by atoms with Crippen LogP contribution >= 0.6 is 0 Å². The molecule has 1 unspecified atom stereocenters. The van der Waals surface area contributed by atoms with Gasteiger partial charge < -0.3 is 20.6 Å². The van der Waals surface area contributed by atoms with Crippen LogP contribution in [0.5, 0.6) is 0 Å². The van der Waals surface area contributed by atoms with Crippen LogP contribution in [0.1, 0.15) is 32.6 Å². The van der Waals surface area contributed by atoms with Crippen molar-refractivity contribution in [2.45, 2.75) is 38.2 Å². The summed E-state index contributed by atoms with van der Waals surface area (Å²) >= 11 is 0. The SMILES string of the molecule is CCC(O)(CN)CCCN(C)CCCN(C)C. The summed E-state index contributed by atoms with van der Waals surface area (Å²) < 4.78 is 0. The summed E-state index contributed by atoms with van der Waals surface area (Å²) in [6.07, 6.45) is 3.75. The van der Waals surface area contributed by atoms with Gasteiger partial charge >= 0.3 is 0 Å². The van der Waals surface area contributed by atoms with Crippen LogP contribution in [0, 0.1) is 0 Å². The first-order valence-electron chi connectivity index (χ1n) is 6.69. The molecule has 3 N–H and O–H groups in total. The average Bonchev–Trinajstić information content (AvgIpc) is 2.28. The molecule has 0 aromatic carbocycles. The lowest BCUT2D eigenvalue weighted by Crippen LogP contribution is -2.37. The molecule has 0 aliphatic carbocycles. The smallest absolute Gasteiger partial charge is 0.0767 e. The van der Waals surface area contributed by atoms with Crippen LogP contribution in [-0.2, 0) is 0 Å². The van der Waals surface area contributed by atoms with Gasteiger partial charge in [0, 0.05) is 6.54 Å². The molecule has 104 valence electrons. The van der Waals surface area contributed by atoms with E-state index >= 15 is 0 Å². The Balaban J connectivity index is 3.60. The van der Waals surface area contributed by atoms with Crippen LogP contribution in [0.15, 0.2) is 0 Å². The van der Waals surface area contributed by atoms with Crippen molar-refractivity contribution in [3.05, 3.63) is 0 Å². The third-order valence-corrected chi connectivity index (χ3v) is 3.37. The van der Waals surface area contributed by atoms with Gasteiger partial charge in [0.2, 0.25) is 0 Å². The predicted octanol–water partition coefficient (Wildman–Crippen LogP) is 0.750. The summed E-state index contributed by atoms with van der Waals surface area (Å²) in [7, 11) is 6.34. The number of rotatable bonds is 10. The highest BCUT2D eigenvalue weighted by molar-refractivity contribution is 4.77. The maximum Gasteiger partial charge on any atom is 0.0767 e. The molecule has 0 aromatic heterocycles. The highest BCUT2D eigenvalue weighted by Gasteiger charge is 2.21. The molecule has 0 radical (unpaired) electrons. The molecule has 0 spiro atoms. The highest BCUT2D eigenvalue weighted by Crippen LogP contribution is 2.15. The molecule has 0 aliphatic rings. The van der Waals surface area contributed by atoms with Gasteiger partial charge in [-0.25, -0.2) is 0 Å². The Morgan fingerprint density at radius 2 is 1.65 bits per heavy atom. The second-order valence-corrected chi connectivity index (χ2v) is 5.35. The summed E-state index contributed by atoms with van der Waals surface area (Å²) in [5.74, 6) is 0. The molecule has 0 bridgehead atoms. The number of nitrogens with two attached hydrogens (primary N) is 1. The lowest BCUT2D eigenvalue weighted by atomic mass is 9.95. The Kier molecular flexibility index (Phi) is 8.78. The minimum atomic E-state index is -0.648. The van der Waals surface area contributed by atoms with E-state index in [2.05, 4.69) is 30.9 Å². The monoisotopic (exact) mass is 245 g/mol. The van der Waals surface area contributed by atoms with Crippen molar-refractivity contribution in [3.63, 3.8) is 0 Å². The van der Waals surface area contributed by atoms with Crippen LogP contribution in [0.3, 0.4) is 0 Å². The van der Waals surface area contributed by atoms with Crippen LogP contribution < -0.4 is 5.73 Å². The maximum absolute atomic E-state index is 10.0. The Hall–Kier alpha value is -0.160. The molecule has 0 aromatic rings. The first-order chi connectivity index (χ1) is 7.93. The Bertz CT molecular complexity index is 182. The van der Waals surface area contributed by atoms with Gasteiger partial charge in [-0.2, -0.15) is 0 Å². The van der Waals surface area contributed by atoms with Crippen molar-refractivity contribution >= 4 is 0 Å². The lowest BCUT2D eigenvalue weighted by Gasteiger charge is -2.26. The van der Waals surface area contributed by atoms with E-state index in [0.717, 1.165) is 38.9 Å². The predicted molar refractivity (Wildman–Crippen MR) is 74.2 cm³/mol. The molecule has 0 amide bonds. The zero-order valence-electron chi connectivity index (χ0n) is 12.1. The number of aliphatic hydroxyl groups is 1. The zero-order chi connectivity index (χ0) is 13.3. The molecule has 4 nitrogen and oxygen atoms in total. The van der Waals surface area contributed by atoms with Crippen molar-refractivity contribution in [1.82, 2.24) is 9.80 Å². The third kappa shape index (κ3) is 8.55. The van der Waals surface area contributed by atoms with Gasteiger partial charge in [0.05, 0.1) is 5.60 Å². The summed E-state index contributed by atoms with van der Waals surface area (Å²) in [6, 6.07) is 0. The van der Waals surface area contributed by atoms with Crippen molar-refractivity contribution in [2.75, 3.05) is 47.3 Å². The fourth-order valence-corrected chi connectivity index (χ4v) is 1.87. The molecule has 0 saturated heterocycles. The third-order valence-electron chi connectivity index (χ3n) is 3.37. The largest absolute Gasteiger partial charge is 0.389 e. The standard InChI is InChI=1S/C13H31N3O/c1-5-13(17,12-14)8-6-10-16(4)11-7-9-15(2)3/h17H,5-12,14H2,1-4H3. The molecule has 17 heavy (non-hydrogen) atoms. The van der Waals surface area contributed by atoms with Crippen molar-refractivity contribution in [3.8, 4) is 0 Å². The lowest BCUT2D eigenvalue weighted by molar-refractivity contribution is 0.0322. The number of hydrogen-bond donors (Lipinski definition) is 2. The fourth-order valence-electron chi connectivity index (χ4n) is 1.87. The number of nitrogens with zero attached hydrogens (tertiary/aromatic N) is 2. The molecule has 0 fully saturated rings. The second-order valence-electron chi connectivity index (χ2n) is 5.35. The van der Waals surface area contributed by atoms with E-state index < -0.39 is 5.60 Å². The van der Waals surface area contributed by atoms with Crippen molar-refractivity contribution < 1.29 is 5.11 Å². The molecular weight excluding hydrogens is 214 g/mol. The molecule has 0 saturated carbocycles. The van der Waals surface area contributed by atoms with E-state index in [1.807, 2.05) is 6.92 Å². The summed E-state index contributed by atoms with van der Waals surface area (Å²) in [5.41, 5.74) is 4.93. The first-order valence-corrected chi connectivity index (χ1v) is 6.69. The molecule has 1 atom stereocenters. The average molecular weight is 245 g/mol. The van der Waals surface area contributed by atoms with Gasteiger partial charge in [-0.05, 0) is 66.5 Å². The maximum atomic E-state index is 10.0. The molecular formula is C13H31N3O. The van der Waals surface area contributed by atoms with Crippen LogP contribution in [0.2, 0.25) is 0 Å².